The molecule has 0 saturated carbocycles. The average Bonchev–Trinajstić information content (AvgIpc) is 3.10. The number of aromatic nitrogens is 3. The van der Waals surface area contributed by atoms with Gasteiger partial charge in [0.2, 0.25) is 5.82 Å². The van der Waals surface area contributed by atoms with Crippen molar-refractivity contribution in [2.45, 2.75) is 39.8 Å². The Kier molecular flexibility index (Phi) is 5.16. The summed E-state index contributed by atoms with van der Waals surface area (Å²) in [6.07, 6.45) is -1.23. The van der Waals surface area contributed by atoms with Crippen molar-refractivity contribution in [1.82, 2.24) is 15.1 Å². The zero-order valence-electron chi connectivity index (χ0n) is 15.1. The predicted octanol–water partition coefficient (Wildman–Crippen LogP) is 5.51. The molecule has 0 aliphatic rings. The maximum Gasteiger partial charge on any atom is 0.471 e. The van der Waals surface area contributed by atoms with E-state index in [1.54, 1.807) is 24.4 Å². The van der Waals surface area contributed by atoms with Gasteiger partial charge in [-0.2, -0.15) is 18.2 Å². The number of aryl methyl sites for hydroxylation is 3. The van der Waals surface area contributed by atoms with Gasteiger partial charge in [0.25, 0.3) is 0 Å². The minimum Gasteiger partial charge on any atom is -0.455 e. The molecule has 0 bridgehead atoms. The van der Waals surface area contributed by atoms with Gasteiger partial charge in [0, 0.05) is 11.8 Å². The molecule has 0 aliphatic heterocycles. The van der Waals surface area contributed by atoms with Gasteiger partial charge in [-0.25, -0.2) is 0 Å². The van der Waals surface area contributed by atoms with Crippen LogP contribution in [0, 0.1) is 13.8 Å². The first kappa shape index (κ1) is 18.9. The molecule has 8 heteroatoms. The van der Waals surface area contributed by atoms with E-state index < -0.39 is 12.1 Å². The number of pyridine rings is 1. The Morgan fingerprint density at radius 2 is 1.85 bits per heavy atom. The van der Waals surface area contributed by atoms with Crippen LogP contribution in [-0.4, -0.2) is 15.1 Å². The third kappa shape index (κ3) is 4.10. The Hall–Kier alpha value is -2.90. The standard InChI is InChI=1S/C19H18F3N3O2/c1-4-6-14-15(7-5-8-23-14)26-16-11(2)9-13(10-12(16)3)17-24-18(27-25-17)19(20,21)22/h5,7-10H,4,6H2,1-3H3. The molecule has 142 valence electrons. The molecule has 0 saturated heterocycles. The minimum atomic E-state index is -4.67. The molecule has 0 amide bonds. The average molecular weight is 377 g/mol. The summed E-state index contributed by atoms with van der Waals surface area (Å²) in [6.45, 7) is 5.68. The van der Waals surface area contributed by atoms with Crippen molar-refractivity contribution in [2.24, 2.45) is 0 Å². The fourth-order valence-electron chi connectivity index (χ4n) is 2.75. The second-order valence-electron chi connectivity index (χ2n) is 6.16. The molecule has 2 aromatic heterocycles. The lowest BCUT2D eigenvalue weighted by molar-refractivity contribution is -0.159. The third-order valence-corrected chi connectivity index (χ3v) is 3.93. The Morgan fingerprint density at radius 1 is 1.15 bits per heavy atom. The second kappa shape index (κ2) is 7.38. The summed E-state index contributed by atoms with van der Waals surface area (Å²) >= 11 is 0. The fraction of sp³-hybridized carbons (Fsp3) is 0.316. The van der Waals surface area contributed by atoms with E-state index in [4.69, 9.17) is 4.74 Å². The molecule has 0 fully saturated rings. The van der Waals surface area contributed by atoms with Gasteiger partial charge in [-0.15, -0.1) is 0 Å². The summed E-state index contributed by atoms with van der Waals surface area (Å²) in [5.41, 5.74) is 2.77. The number of rotatable bonds is 5. The van der Waals surface area contributed by atoms with Crippen LogP contribution in [0.3, 0.4) is 0 Å². The maximum absolute atomic E-state index is 12.7. The number of hydrogen-bond acceptors (Lipinski definition) is 5. The van der Waals surface area contributed by atoms with Crippen molar-refractivity contribution >= 4 is 0 Å². The molecular weight excluding hydrogens is 359 g/mol. The molecule has 1 aromatic carbocycles. The van der Waals surface area contributed by atoms with Crippen molar-refractivity contribution in [3.8, 4) is 22.9 Å². The molecule has 0 unspecified atom stereocenters. The van der Waals surface area contributed by atoms with Crippen molar-refractivity contribution < 1.29 is 22.4 Å². The maximum atomic E-state index is 12.7. The highest BCUT2D eigenvalue weighted by Gasteiger charge is 2.38. The molecule has 0 aliphatic carbocycles. The molecular formula is C19H18F3N3O2. The Balaban J connectivity index is 1.93. The Morgan fingerprint density at radius 3 is 2.44 bits per heavy atom. The lowest BCUT2D eigenvalue weighted by atomic mass is 10.1. The number of halogens is 3. The highest BCUT2D eigenvalue weighted by Crippen LogP contribution is 2.35. The van der Waals surface area contributed by atoms with Crippen LogP contribution < -0.4 is 4.74 Å². The zero-order chi connectivity index (χ0) is 19.6. The van der Waals surface area contributed by atoms with E-state index in [9.17, 15) is 13.2 Å². The van der Waals surface area contributed by atoms with Gasteiger partial charge in [-0.3, -0.25) is 4.98 Å². The SMILES string of the molecule is CCCc1ncccc1Oc1c(C)cc(-c2noc(C(F)(F)F)n2)cc1C. The molecule has 3 rings (SSSR count). The quantitative estimate of drug-likeness (QED) is 0.586. The van der Waals surface area contributed by atoms with Gasteiger partial charge >= 0.3 is 12.1 Å². The normalized spacial score (nSPS) is 11.6. The van der Waals surface area contributed by atoms with Gasteiger partial charge in [-0.05, 0) is 55.7 Å². The highest BCUT2D eigenvalue weighted by molar-refractivity contribution is 5.61. The van der Waals surface area contributed by atoms with E-state index in [2.05, 4.69) is 26.6 Å². The van der Waals surface area contributed by atoms with Crippen molar-refractivity contribution in [1.29, 1.82) is 0 Å². The summed E-state index contributed by atoms with van der Waals surface area (Å²) in [5, 5.41) is 3.43. The van der Waals surface area contributed by atoms with Crippen LogP contribution in [0.2, 0.25) is 0 Å². The minimum absolute atomic E-state index is 0.117. The number of ether oxygens (including phenoxy) is 1. The van der Waals surface area contributed by atoms with Crippen molar-refractivity contribution in [3.63, 3.8) is 0 Å². The lowest BCUT2D eigenvalue weighted by Gasteiger charge is -2.15. The molecule has 3 aromatic rings. The molecule has 0 N–H and O–H groups in total. The predicted molar refractivity (Wildman–Crippen MR) is 92.5 cm³/mol. The summed E-state index contributed by atoms with van der Waals surface area (Å²) in [7, 11) is 0. The molecule has 0 atom stereocenters. The third-order valence-electron chi connectivity index (χ3n) is 3.93. The second-order valence-corrected chi connectivity index (χ2v) is 6.16. The highest BCUT2D eigenvalue weighted by atomic mass is 19.4. The van der Waals surface area contributed by atoms with Crippen LogP contribution in [0.1, 0.15) is 36.1 Å². The first-order chi connectivity index (χ1) is 12.8. The fourth-order valence-corrected chi connectivity index (χ4v) is 2.75. The smallest absolute Gasteiger partial charge is 0.455 e. The van der Waals surface area contributed by atoms with Crippen LogP contribution in [0.5, 0.6) is 11.5 Å². The van der Waals surface area contributed by atoms with Gasteiger partial charge in [0.15, 0.2) is 0 Å². The Labute approximate surface area is 154 Å². The summed E-state index contributed by atoms with van der Waals surface area (Å²) in [5.74, 6) is -0.193. The number of nitrogens with zero attached hydrogens (tertiary/aromatic N) is 3. The van der Waals surface area contributed by atoms with Crippen LogP contribution in [0.15, 0.2) is 35.0 Å². The van der Waals surface area contributed by atoms with E-state index >= 15 is 0 Å². The largest absolute Gasteiger partial charge is 0.471 e. The van der Waals surface area contributed by atoms with Gasteiger partial charge in [0.05, 0.1) is 5.69 Å². The van der Waals surface area contributed by atoms with Gasteiger partial charge in [-0.1, -0.05) is 18.5 Å². The molecule has 5 nitrogen and oxygen atoms in total. The van der Waals surface area contributed by atoms with Crippen LogP contribution >= 0.6 is 0 Å². The summed E-state index contributed by atoms with van der Waals surface area (Å²) in [4.78, 5) is 7.78. The topological polar surface area (TPSA) is 61.0 Å². The zero-order valence-corrected chi connectivity index (χ0v) is 15.1. The van der Waals surface area contributed by atoms with Crippen LogP contribution in [0.4, 0.5) is 13.2 Å². The molecule has 2 heterocycles. The van der Waals surface area contributed by atoms with E-state index in [-0.39, 0.29) is 5.82 Å². The first-order valence-electron chi connectivity index (χ1n) is 8.44. The van der Waals surface area contributed by atoms with Gasteiger partial charge < -0.3 is 9.26 Å². The van der Waals surface area contributed by atoms with Gasteiger partial charge in [0.1, 0.15) is 11.5 Å². The van der Waals surface area contributed by atoms with Crippen molar-refractivity contribution in [2.75, 3.05) is 0 Å². The van der Waals surface area contributed by atoms with E-state index in [1.807, 2.05) is 19.9 Å². The lowest BCUT2D eigenvalue weighted by Crippen LogP contribution is -2.04. The van der Waals surface area contributed by atoms with E-state index in [0.717, 1.165) is 29.7 Å². The number of alkyl halides is 3. The summed E-state index contributed by atoms with van der Waals surface area (Å²) in [6, 6.07) is 6.98. The number of benzene rings is 1. The monoisotopic (exact) mass is 377 g/mol. The molecule has 0 radical (unpaired) electrons. The van der Waals surface area contributed by atoms with Crippen molar-refractivity contribution in [3.05, 3.63) is 53.2 Å². The summed E-state index contributed by atoms with van der Waals surface area (Å²) < 4.78 is 48.4. The van der Waals surface area contributed by atoms with Crippen LogP contribution in [-0.2, 0) is 12.6 Å². The molecule has 0 spiro atoms. The van der Waals surface area contributed by atoms with E-state index in [1.165, 1.54) is 0 Å². The first-order valence-corrected chi connectivity index (χ1v) is 8.44. The Bertz CT molecular complexity index is 928. The van der Waals surface area contributed by atoms with Crippen LogP contribution in [0.25, 0.3) is 11.4 Å². The van der Waals surface area contributed by atoms with E-state index in [0.29, 0.717) is 17.1 Å². The molecule has 27 heavy (non-hydrogen) atoms. The number of hydrogen-bond donors (Lipinski definition) is 0.